The zero-order chi connectivity index (χ0) is 9.19. The van der Waals surface area contributed by atoms with E-state index in [0.717, 1.165) is 26.1 Å². The van der Waals surface area contributed by atoms with E-state index in [4.69, 9.17) is 10.5 Å². The molecule has 0 aromatic heterocycles. The van der Waals surface area contributed by atoms with Crippen molar-refractivity contribution in [2.75, 3.05) is 13.2 Å². The summed E-state index contributed by atoms with van der Waals surface area (Å²) in [4.78, 5) is 11.0. The van der Waals surface area contributed by atoms with E-state index in [0.29, 0.717) is 0 Å². The Kier molecular flexibility index (Phi) is 2.73. The van der Waals surface area contributed by atoms with Gasteiger partial charge in [-0.25, -0.2) is 0 Å². The molecule has 0 saturated carbocycles. The Balaban J connectivity index is 2.62. The molecule has 0 bridgehead atoms. The van der Waals surface area contributed by atoms with E-state index in [2.05, 4.69) is 6.92 Å². The first-order valence-corrected chi connectivity index (χ1v) is 4.43. The summed E-state index contributed by atoms with van der Waals surface area (Å²) < 4.78 is 5.24. The lowest BCUT2D eigenvalue weighted by Crippen LogP contribution is -2.39. The maximum absolute atomic E-state index is 11.0. The van der Waals surface area contributed by atoms with Gasteiger partial charge < -0.3 is 10.5 Å². The largest absolute Gasteiger partial charge is 0.381 e. The van der Waals surface area contributed by atoms with Crippen LogP contribution >= 0.6 is 0 Å². The number of hydrogen-bond donors (Lipinski definition) is 1. The maximum Gasteiger partial charge on any atom is 0.220 e. The van der Waals surface area contributed by atoms with E-state index in [1.165, 1.54) is 0 Å². The van der Waals surface area contributed by atoms with Gasteiger partial charge in [0.25, 0.3) is 0 Å². The lowest BCUT2D eigenvalue weighted by Gasteiger charge is -2.37. The number of carbonyl (C=O) groups excluding carboxylic acids is 1. The Morgan fingerprint density at radius 1 is 1.50 bits per heavy atom. The molecule has 1 atom stereocenters. The molecule has 0 aromatic rings. The Morgan fingerprint density at radius 2 is 2.00 bits per heavy atom. The van der Waals surface area contributed by atoms with E-state index >= 15 is 0 Å². The molecule has 1 saturated heterocycles. The molecule has 0 spiro atoms. The fraction of sp³-hybridized carbons (Fsp3) is 0.889. The summed E-state index contributed by atoms with van der Waals surface area (Å²) in [7, 11) is 0. The van der Waals surface area contributed by atoms with Crippen LogP contribution in [0.25, 0.3) is 0 Å². The van der Waals surface area contributed by atoms with E-state index in [1.54, 1.807) is 0 Å². The van der Waals surface area contributed by atoms with E-state index in [1.807, 2.05) is 6.92 Å². The summed E-state index contributed by atoms with van der Waals surface area (Å²) in [5.41, 5.74) is 5.33. The molecular formula is C9H17NO2. The van der Waals surface area contributed by atoms with E-state index in [-0.39, 0.29) is 17.2 Å². The first-order chi connectivity index (χ1) is 5.56. The molecule has 1 unspecified atom stereocenters. The van der Waals surface area contributed by atoms with Gasteiger partial charge in [-0.15, -0.1) is 0 Å². The minimum Gasteiger partial charge on any atom is -0.381 e. The van der Waals surface area contributed by atoms with Crippen LogP contribution in [0.5, 0.6) is 0 Å². The second kappa shape index (κ2) is 3.44. The third-order valence-electron chi connectivity index (χ3n) is 3.11. The van der Waals surface area contributed by atoms with Crippen LogP contribution in [-0.2, 0) is 9.53 Å². The average Bonchev–Trinajstić information content (AvgIpc) is 2.04. The number of nitrogens with two attached hydrogens (primary N) is 1. The summed E-state index contributed by atoms with van der Waals surface area (Å²) in [5, 5.41) is 0. The lowest BCUT2D eigenvalue weighted by atomic mass is 9.72. The van der Waals surface area contributed by atoms with Crippen molar-refractivity contribution >= 4 is 5.91 Å². The van der Waals surface area contributed by atoms with Gasteiger partial charge in [0.15, 0.2) is 0 Å². The van der Waals surface area contributed by atoms with Crippen molar-refractivity contribution in [1.29, 1.82) is 0 Å². The standard InChI is InChI=1S/C9H17NO2/c1-7(8(10)11)9(2)3-5-12-6-4-9/h7H,3-6H2,1-2H3,(H2,10,11). The van der Waals surface area contributed by atoms with Gasteiger partial charge in [-0.3, -0.25) is 4.79 Å². The molecule has 2 N–H and O–H groups in total. The van der Waals surface area contributed by atoms with Crippen LogP contribution in [0.15, 0.2) is 0 Å². The van der Waals surface area contributed by atoms with Crippen molar-refractivity contribution in [2.24, 2.45) is 17.1 Å². The first kappa shape index (κ1) is 9.52. The predicted molar refractivity (Wildman–Crippen MR) is 46.5 cm³/mol. The molecule has 1 heterocycles. The quantitative estimate of drug-likeness (QED) is 0.671. The molecule has 1 rings (SSSR count). The normalized spacial score (nSPS) is 24.8. The SMILES string of the molecule is CC(C(N)=O)C1(C)CCOCC1. The van der Waals surface area contributed by atoms with Crippen LogP contribution in [0.4, 0.5) is 0 Å². The molecule has 3 nitrogen and oxygen atoms in total. The van der Waals surface area contributed by atoms with Gasteiger partial charge in [0.1, 0.15) is 0 Å². The number of ether oxygens (including phenoxy) is 1. The maximum atomic E-state index is 11.0. The summed E-state index contributed by atoms with van der Waals surface area (Å²) in [6.07, 6.45) is 1.88. The Morgan fingerprint density at radius 3 is 2.42 bits per heavy atom. The van der Waals surface area contributed by atoms with Gasteiger partial charge in [0.2, 0.25) is 5.91 Å². The highest BCUT2D eigenvalue weighted by atomic mass is 16.5. The molecule has 3 heteroatoms. The second-order valence-corrected chi connectivity index (χ2v) is 3.89. The van der Waals surface area contributed by atoms with Crippen LogP contribution in [0.3, 0.4) is 0 Å². The van der Waals surface area contributed by atoms with Gasteiger partial charge in [-0.1, -0.05) is 13.8 Å². The summed E-state index contributed by atoms with van der Waals surface area (Å²) in [6, 6.07) is 0. The van der Waals surface area contributed by atoms with Crippen LogP contribution in [0.2, 0.25) is 0 Å². The molecule has 1 fully saturated rings. The number of primary amides is 1. The number of rotatable bonds is 2. The lowest BCUT2D eigenvalue weighted by molar-refractivity contribution is -0.127. The smallest absolute Gasteiger partial charge is 0.220 e. The Labute approximate surface area is 73.3 Å². The topological polar surface area (TPSA) is 52.3 Å². The number of amides is 1. The van der Waals surface area contributed by atoms with Crippen molar-refractivity contribution < 1.29 is 9.53 Å². The van der Waals surface area contributed by atoms with Crippen LogP contribution in [0.1, 0.15) is 26.7 Å². The van der Waals surface area contributed by atoms with Gasteiger partial charge in [-0.2, -0.15) is 0 Å². The highest BCUT2D eigenvalue weighted by Crippen LogP contribution is 2.37. The molecule has 1 aliphatic heterocycles. The van der Waals surface area contributed by atoms with Crippen molar-refractivity contribution in [1.82, 2.24) is 0 Å². The highest BCUT2D eigenvalue weighted by molar-refractivity contribution is 5.77. The number of hydrogen-bond acceptors (Lipinski definition) is 2. The fourth-order valence-electron chi connectivity index (χ4n) is 1.61. The van der Waals surface area contributed by atoms with Crippen LogP contribution in [-0.4, -0.2) is 19.1 Å². The van der Waals surface area contributed by atoms with Crippen LogP contribution in [0, 0.1) is 11.3 Å². The third-order valence-corrected chi connectivity index (χ3v) is 3.11. The van der Waals surface area contributed by atoms with Crippen molar-refractivity contribution in [2.45, 2.75) is 26.7 Å². The molecule has 12 heavy (non-hydrogen) atoms. The summed E-state index contributed by atoms with van der Waals surface area (Å²) in [6.45, 7) is 5.54. The molecule has 0 aliphatic carbocycles. The average molecular weight is 171 g/mol. The summed E-state index contributed by atoms with van der Waals surface area (Å²) >= 11 is 0. The van der Waals surface area contributed by atoms with Crippen LogP contribution < -0.4 is 5.73 Å². The molecule has 70 valence electrons. The molecule has 0 aromatic carbocycles. The van der Waals surface area contributed by atoms with Gasteiger partial charge >= 0.3 is 0 Å². The van der Waals surface area contributed by atoms with E-state index in [9.17, 15) is 4.79 Å². The summed E-state index contributed by atoms with van der Waals surface area (Å²) in [5.74, 6) is -0.235. The van der Waals surface area contributed by atoms with Gasteiger partial charge in [0, 0.05) is 19.1 Å². The van der Waals surface area contributed by atoms with Gasteiger partial charge in [-0.05, 0) is 18.3 Å². The fourth-order valence-corrected chi connectivity index (χ4v) is 1.61. The molecule has 1 amide bonds. The molecule has 1 aliphatic rings. The predicted octanol–water partition coefficient (Wildman–Crippen LogP) is 0.924. The number of carbonyl (C=O) groups is 1. The second-order valence-electron chi connectivity index (χ2n) is 3.89. The monoisotopic (exact) mass is 171 g/mol. The Bertz CT molecular complexity index is 173. The van der Waals surface area contributed by atoms with Gasteiger partial charge in [0.05, 0.1) is 0 Å². The van der Waals surface area contributed by atoms with Crippen molar-refractivity contribution in [3.8, 4) is 0 Å². The van der Waals surface area contributed by atoms with Crippen molar-refractivity contribution in [3.05, 3.63) is 0 Å². The zero-order valence-corrected chi connectivity index (χ0v) is 7.80. The van der Waals surface area contributed by atoms with Crippen molar-refractivity contribution in [3.63, 3.8) is 0 Å². The first-order valence-electron chi connectivity index (χ1n) is 4.43. The molecular weight excluding hydrogens is 154 g/mol. The van der Waals surface area contributed by atoms with E-state index < -0.39 is 0 Å². The third kappa shape index (κ3) is 1.78. The minimum absolute atomic E-state index is 0.0404. The molecule has 0 radical (unpaired) electrons. The zero-order valence-electron chi connectivity index (χ0n) is 7.80. The minimum atomic E-state index is -0.195. The Hall–Kier alpha value is -0.570. The highest BCUT2D eigenvalue weighted by Gasteiger charge is 2.35.